The Morgan fingerprint density at radius 2 is 2.26 bits per heavy atom. The minimum absolute atomic E-state index is 0.0413. The first-order valence-corrected chi connectivity index (χ1v) is 7.23. The molecule has 2 unspecified atom stereocenters. The Labute approximate surface area is 115 Å². The van der Waals surface area contributed by atoms with Crippen LogP contribution < -0.4 is 16.0 Å². The highest BCUT2D eigenvalue weighted by Gasteiger charge is 2.33. The Kier molecular flexibility index (Phi) is 3.02. The fraction of sp³-hybridized carbons (Fsp3) is 0.583. The molecule has 2 aliphatic rings. The normalized spacial score (nSPS) is 27.2. The summed E-state index contributed by atoms with van der Waals surface area (Å²) < 4.78 is 0. The molecule has 1 aliphatic carbocycles. The maximum atomic E-state index is 11.7. The van der Waals surface area contributed by atoms with E-state index in [-0.39, 0.29) is 30.4 Å². The van der Waals surface area contributed by atoms with Crippen molar-refractivity contribution in [2.45, 2.75) is 38.3 Å². The molecule has 0 bridgehead atoms. The van der Waals surface area contributed by atoms with Gasteiger partial charge in [0.05, 0.1) is 5.69 Å². The lowest BCUT2D eigenvalue weighted by atomic mass is 9.99. The smallest absolute Gasteiger partial charge is 0.249 e. The van der Waals surface area contributed by atoms with Crippen LogP contribution in [0.3, 0.4) is 0 Å². The fourth-order valence-corrected chi connectivity index (χ4v) is 3.74. The number of piperazine rings is 1. The van der Waals surface area contributed by atoms with Crippen molar-refractivity contribution in [1.82, 2.24) is 10.3 Å². The number of nitrogens with two attached hydrogens (primary N) is 1. The highest BCUT2D eigenvalue weighted by molar-refractivity contribution is 7.15. The lowest BCUT2D eigenvalue weighted by Gasteiger charge is -2.31. The van der Waals surface area contributed by atoms with Crippen molar-refractivity contribution in [3.8, 4) is 0 Å². The number of rotatable bonds is 1. The topological polar surface area (TPSA) is 88.3 Å². The third-order valence-corrected chi connectivity index (χ3v) is 4.92. The van der Waals surface area contributed by atoms with Crippen LogP contribution in [-0.2, 0) is 16.0 Å². The first-order valence-electron chi connectivity index (χ1n) is 6.42. The average molecular weight is 280 g/mol. The predicted octanol–water partition coefficient (Wildman–Crippen LogP) is 0.331. The monoisotopic (exact) mass is 280 g/mol. The second-order valence-electron chi connectivity index (χ2n) is 5.02. The van der Waals surface area contributed by atoms with Gasteiger partial charge in [0.1, 0.15) is 12.6 Å². The number of hydrogen-bond donors (Lipinski definition) is 2. The first-order chi connectivity index (χ1) is 9.06. The van der Waals surface area contributed by atoms with Crippen LogP contribution in [-0.4, -0.2) is 29.4 Å². The van der Waals surface area contributed by atoms with E-state index in [0.29, 0.717) is 0 Å². The Morgan fingerprint density at radius 3 is 3.00 bits per heavy atom. The molecule has 2 heterocycles. The molecule has 102 valence electrons. The molecule has 3 N–H and O–H groups in total. The van der Waals surface area contributed by atoms with Crippen molar-refractivity contribution in [3.63, 3.8) is 0 Å². The van der Waals surface area contributed by atoms with Gasteiger partial charge in [-0.1, -0.05) is 11.3 Å². The molecule has 2 amide bonds. The van der Waals surface area contributed by atoms with Gasteiger partial charge in [-0.3, -0.25) is 14.9 Å². The molecule has 19 heavy (non-hydrogen) atoms. The molecule has 0 radical (unpaired) electrons. The molecule has 0 saturated carbocycles. The Morgan fingerprint density at radius 1 is 1.47 bits per heavy atom. The second-order valence-corrected chi connectivity index (χ2v) is 6.03. The van der Waals surface area contributed by atoms with Gasteiger partial charge in [-0.05, 0) is 26.2 Å². The number of hydrogen-bond acceptors (Lipinski definition) is 6. The van der Waals surface area contributed by atoms with Crippen molar-refractivity contribution in [2.24, 2.45) is 5.73 Å². The molecular weight excluding hydrogens is 264 g/mol. The summed E-state index contributed by atoms with van der Waals surface area (Å²) in [5.74, 6) is -0.547. The SMILES string of the molecule is CC1C(=O)NC(=O)CN1c1nc2c(s1)C(N)CCC2. The van der Waals surface area contributed by atoms with E-state index in [9.17, 15) is 9.59 Å². The van der Waals surface area contributed by atoms with Crippen LogP contribution in [0.25, 0.3) is 0 Å². The summed E-state index contributed by atoms with van der Waals surface area (Å²) >= 11 is 1.52. The molecular formula is C12H16N4O2S. The Hall–Kier alpha value is -1.47. The molecule has 2 atom stereocenters. The second kappa shape index (κ2) is 4.57. The Bertz CT molecular complexity index is 542. The number of carbonyl (C=O) groups is 2. The van der Waals surface area contributed by atoms with Crippen molar-refractivity contribution in [3.05, 3.63) is 10.6 Å². The minimum Gasteiger partial charge on any atom is -0.327 e. The van der Waals surface area contributed by atoms with Crippen molar-refractivity contribution in [2.75, 3.05) is 11.4 Å². The quantitative estimate of drug-likeness (QED) is 0.724. The highest BCUT2D eigenvalue weighted by atomic mass is 32.1. The molecule has 6 nitrogen and oxygen atoms in total. The largest absolute Gasteiger partial charge is 0.327 e. The lowest BCUT2D eigenvalue weighted by Crippen LogP contribution is -2.57. The number of nitrogens with zero attached hydrogens (tertiary/aromatic N) is 2. The van der Waals surface area contributed by atoms with E-state index in [2.05, 4.69) is 10.3 Å². The number of nitrogens with one attached hydrogen (secondary N) is 1. The van der Waals surface area contributed by atoms with Crippen LogP contribution in [0, 0.1) is 0 Å². The average Bonchev–Trinajstić information content (AvgIpc) is 2.79. The molecule has 7 heteroatoms. The zero-order chi connectivity index (χ0) is 13.6. The number of carbonyl (C=O) groups excluding carboxylic acids is 2. The summed E-state index contributed by atoms with van der Waals surface area (Å²) in [4.78, 5) is 30.6. The van der Waals surface area contributed by atoms with Crippen LogP contribution in [0.15, 0.2) is 0 Å². The zero-order valence-electron chi connectivity index (χ0n) is 10.7. The van der Waals surface area contributed by atoms with Crippen LogP contribution in [0.1, 0.15) is 36.4 Å². The number of thiazole rings is 1. The number of anilines is 1. The number of fused-ring (bicyclic) bond motifs is 1. The summed E-state index contributed by atoms with van der Waals surface area (Å²) in [6.45, 7) is 1.95. The van der Waals surface area contributed by atoms with E-state index in [1.165, 1.54) is 11.3 Å². The first kappa shape index (κ1) is 12.6. The summed E-state index contributed by atoms with van der Waals surface area (Å²) in [5, 5.41) is 3.07. The molecule has 1 aromatic heterocycles. The molecule has 1 aromatic rings. The zero-order valence-corrected chi connectivity index (χ0v) is 11.5. The molecule has 1 fully saturated rings. The van der Waals surface area contributed by atoms with Gasteiger partial charge in [0.25, 0.3) is 0 Å². The van der Waals surface area contributed by atoms with Crippen LogP contribution in [0.5, 0.6) is 0 Å². The van der Waals surface area contributed by atoms with E-state index in [0.717, 1.165) is 35.0 Å². The number of amides is 2. The summed E-state index contributed by atoms with van der Waals surface area (Å²) in [6.07, 6.45) is 2.96. The van der Waals surface area contributed by atoms with Crippen LogP contribution in [0.4, 0.5) is 5.13 Å². The Balaban J connectivity index is 1.93. The van der Waals surface area contributed by atoms with Crippen molar-refractivity contribution < 1.29 is 9.59 Å². The van der Waals surface area contributed by atoms with Gasteiger partial charge < -0.3 is 10.6 Å². The lowest BCUT2D eigenvalue weighted by molar-refractivity contribution is -0.132. The predicted molar refractivity (Wildman–Crippen MR) is 71.9 cm³/mol. The number of imide groups is 1. The summed E-state index contributed by atoms with van der Waals surface area (Å²) in [5.41, 5.74) is 7.12. The van der Waals surface area contributed by atoms with E-state index in [4.69, 9.17) is 5.73 Å². The molecule has 0 spiro atoms. The van der Waals surface area contributed by atoms with Crippen LogP contribution in [0.2, 0.25) is 0 Å². The van der Waals surface area contributed by atoms with Gasteiger partial charge in [0.15, 0.2) is 5.13 Å². The number of aryl methyl sites for hydroxylation is 1. The van der Waals surface area contributed by atoms with Gasteiger partial charge in [0.2, 0.25) is 11.8 Å². The van der Waals surface area contributed by atoms with Gasteiger partial charge >= 0.3 is 0 Å². The molecule has 0 aromatic carbocycles. The van der Waals surface area contributed by atoms with Gasteiger partial charge in [-0.25, -0.2) is 4.98 Å². The molecule has 3 rings (SSSR count). The fourth-order valence-electron chi connectivity index (χ4n) is 2.51. The minimum atomic E-state index is -0.374. The highest BCUT2D eigenvalue weighted by Crippen LogP contribution is 2.37. The maximum Gasteiger partial charge on any atom is 0.249 e. The van der Waals surface area contributed by atoms with Gasteiger partial charge in [0, 0.05) is 10.9 Å². The van der Waals surface area contributed by atoms with E-state index in [1.807, 2.05) is 0 Å². The summed E-state index contributed by atoms with van der Waals surface area (Å²) in [6, 6.07) is -0.332. The summed E-state index contributed by atoms with van der Waals surface area (Å²) in [7, 11) is 0. The molecule has 1 saturated heterocycles. The van der Waals surface area contributed by atoms with E-state index < -0.39 is 0 Å². The van der Waals surface area contributed by atoms with E-state index in [1.54, 1.807) is 11.8 Å². The van der Waals surface area contributed by atoms with Gasteiger partial charge in [-0.2, -0.15) is 0 Å². The van der Waals surface area contributed by atoms with E-state index >= 15 is 0 Å². The third kappa shape index (κ3) is 2.12. The van der Waals surface area contributed by atoms with Crippen molar-refractivity contribution in [1.29, 1.82) is 0 Å². The maximum absolute atomic E-state index is 11.7. The number of aromatic nitrogens is 1. The third-order valence-electron chi connectivity index (χ3n) is 3.65. The standard InChI is InChI=1S/C12H16N4O2S/c1-6-11(18)15-9(17)5-16(6)12-14-8-4-2-3-7(13)10(8)19-12/h6-7H,2-5,13H2,1H3,(H,15,17,18). The van der Waals surface area contributed by atoms with Gasteiger partial charge in [-0.15, -0.1) is 0 Å². The van der Waals surface area contributed by atoms with Crippen molar-refractivity contribution >= 4 is 28.3 Å². The molecule has 1 aliphatic heterocycles. The van der Waals surface area contributed by atoms with Crippen LogP contribution >= 0.6 is 11.3 Å².